The number of aliphatic hydroxyl groups is 1. The Balaban J connectivity index is 1.77. The van der Waals surface area contributed by atoms with E-state index in [-0.39, 0.29) is 23.1 Å². The number of ketones is 1. The fourth-order valence-corrected chi connectivity index (χ4v) is 5.36. The van der Waals surface area contributed by atoms with E-state index in [2.05, 4.69) is 6.92 Å². The molecule has 4 rings (SSSR count). The van der Waals surface area contributed by atoms with Crippen LogP contribution in [0.3, 0.4) is 0 Å². The number of hydrogen-bond donors (Lipinski definition) is 2. The van der Waals surface area contributed by atoms with E-state index < -0.39 is 0 Å². The SMILES string of the molecule is C[C@@]12CC[C@@H]3c4ccc(O)cc4C(=O)C[C@@H]3[C@@H]1CC[C@@H]2O. The highest BCUT2D eigenvalue weighted by Crippen LogP contribution is 2.60. The van der Waals surface area contributed by atoms with E-state index in [1.54, 1.807) is 12.1 Å². The summed E-state index contributed by atoms with van der Waals surface area (Å²) >= 11 is 0. The molecule has 3 aliphatic rings. The third kappa shape index (κ3) is 1.73. The van der Waals surface area contributed by atoms with Crippen molar-refractivity contribution in [3.05, 3.63) is 29.3 Å². The van der Waals surface area contributed by atoms with Crippen LogP contribution < -0.4 is 0 Å². The minimum Gasteiger partial charge on any atom is -0.508 e. The molecule has 2 saturated carbocycles. The highest BCUT2D eigenvalue weighted by atomic mass is 16.3. The Labute approximate surface area is 125 Å². The van der Waals surface area contributed by atoms with E-state index in [9.17, 15) is 15.0 Å². The average molecular weight is 286 g/mol. The van der Waals surface area contributed by atoms with Crippen molar-refractivity contribution in [1.29, 1.82) is 0 Å². The Morgan fingerprint density at radius 3 is 2.86 bits per heavy atom. The van der Waals surface area contributed by atoms with Crippen LogP contribution in [0, 0.1) is 17.3 Å². The summed E-state index contributed by atoms with van der Waals surface area (Å²) in [4.78, 5) is 12.5. The zero-order valence-corrected chi connectivity index (χ0v) is 12.4. The molecule has 0 unspecified atom stereocenters. The minimum atomic E-state index is -0.209. The summed E-state index contributed by atoms with van der Waals surface area (Å²) in [6, 6.07) is 5.27. The first kappa shape index (κ1) is 13.3. The summed E-state index contributed by atoms with van der Waals surface area (Å²) in [5.74, 6) is 1.58. The molecule has 0 saturated heterocycles. The molecule has 3 nitrogen and oxygen atoms in total. The van der Waals surface area contributed by atoms with Crippen molar-refractivity contribution in [3.63, 3.8) is 0 Å². The number of aromatic hydroxyl groups is 1. The maximum atomic E-state index is 12.5. The molecule has 2 fully saturated rings. The molecule has 5 atom stereocenters. The Kier molecular flexibility index (Phi) is 2.74. The number of phenols is 1. The van der Waals surface area contributed by atoms with E-state index in [1.165, 1.54) is 0 Å². The molecule has 0 bridgehead atoms. The number of rotatable bonds is 0. The van der Waals surface area contributed by atoms with Gasteiger partial charge in [0, 0.05) is 12.0 Å². The number of benzene rings is 1. The molecule has 3 heteroatoms. The zero-order chi connectivity index (χ0) is 14.8. The predicted octanol–water partition coefficient (Wildman–Crippen LogP) is 3.25. The summed E-state index contributed by atoms with van der Waals surface area (Å²) in [6.45, 7) is 2.21. The molecule has 0 aliphatic heterocycles. The summed E-state index contributed by atoms with van der Waals surface area (Å²) < 4.78 is 0. The van der Waals surface area contributed by atoms with Crippen LogP contribution in [0.25, 0.3) is 0 Å². The van der Waals surface area contributed by atoms with Gasteiger partial charge in [0.25, 0.3) is 0 Å². The topological polar surface area (TPSA) is 57.5 Å². The third-order valence-electron chi connectivity index (χ3n) is 6.54. The Bertz CT molecular complexity index is 608. The summed E-state index contributed by atoms with van der Waals surface area (Å²) in [5.41, 5.74) is 1.84. The normalized spacial score (nSPS) is 41.3. The summed E-state index contributed by atoms with van der Waals surface area (Å²) in [6.07, 6.45) is 4.36. The molecular weight excluding hydrogens is 264 g/mol. The molecule has 2 N–H and O–H groups in total. The van der Waals surface area contributed by atoms with Crippen LogP contribution in [-0.2, 0) is 0 Å². The number of carbonyl (C=O) groups is 1. The monoisotopic (exact) mass is 286 g/mol. The minimum absolute atomic E-state index is 0.00410. The second kappa shape index (κ2) is 4.33. The molecule has 0 spiro atoms. The molecule has 1 aromatic rings. The molecule has 21 heavy (non-hydrogen) atoms. The lowest BCUT2D eigenvalue weighted by Gasteiger charge is -2.49. The van der Waals surface area contributed by atoms with Crippen molar-refractivity contribution in [2.45, 2.75) is 51.0 Å². The molecule has 112 valence electrons. The Morgan fingerprint density at radius 2 is 2.05 bits per heavy atom. The molecule has 0 aromatic heterocycles. The second-order valence-corrected chi connectivity index (χ2v) is 7.41. The van der Waals surface area contributed by atoms with Gasteiger partial charge in [-0.2, -0.15) is 0 Å². The first-order valence-corrected chi connectivity index (χ1v) is 8.05. The molecule has 0 radical (unpaired) electrons. The molecule has 3 aliphatic carbocycles. The van der Waals surface area contributed by atoms with Gasteiger partial charge in [-0.05, 0) is 66.5 Å². The Morgan fingerprint density at radius 1 is 1.24 bits per heavy atom. The van der Waals surface area contributed by atoms with Gasteiger partial charge < -0.3 is 10.2 Å². The van der Waals surface area contributed by atoms with E-state index in [1.807, 2.05) is 6.07 Å². The van der Waals surface area contributed by atoms with Gasteiger partial charge in [0.05, 0.1) is 6.10 Å². The number of phenolic OH excluding ortho intramolecular Hbond substituents is 1. The largest absolute Gasteiger partial charge is 0.508 e. The second-order valence-electron chi connectivity index (χ2n) is 7.41. The fourth-order valence-electron chi connectivity index (χ4n) is 5.36. The van der Waals surface area contributed by atoms with Gasteiger partial charge in [-0.15, -0.1) is 0 Å². The lowest BCUT2D eigenvalue weighted by atomic mass is 9.55. The lowest BCUT2D eigenvalue weighted by molar-refractivity contribution is -0.0208. The van der Waals surface area contributed by atoms with Crippen molar-refractivity contribution >= 4 is 5.78 Å². The van der Waals surface area contributed by atoms with Crippen LogP contribution in [-0.4, -0.2) is 22.1 Å². The third-order valence-corrected chi connectivity index (χ3v) is 6.54. The van der Waals surface area contributed by atoms with E-state index in [4.69, 9.17) is 0 Å². The quantitative estimate of drug-likeness (QED) is 0.769. The Hall–Kier alpha value is -1.35. The van der Waals surface area contributed by atoms with E-state index >= 15 is 0 Å². The van der Waals surface area contributed by atoms with Crippen LogP contribution in [0.1, 0.15) is 60.9 Å². The number of Topliss-reactive ketones (excluding diaryl/α,β-unsaturated/α-hetero) is 1. The van der Waals surface area contributed by atoms with Crippen molar-refractivity contribution in [3.8, 4) is 5.75 Å². The van der Waals surface area contributed by atoms with Gasteiger partial charge in [-0.1, -0.05) is 13.0 Å². The maximum Gasteiger partial charge on any atom is 0.163 e. The van der Waals surface area contributed by atoms with Crippen LogP contribution in [0.5, 0.6) is 5.75 Å². The first-order valence-electron chi connectivity index (χ1n) is 8.05. The highest BCUT2D eigenvalue weighted by molar-refractivity contribution is 5.99. The van der Waals surface area contributed by atoms with E-state index in [0.717, 1.165) is 36.8 Å². The van der Waals surface area contributed by atoms with Gasteiger partial charge in [-0.25, -0.2) is 0 Å². The smallest absolute Gasteiger partial charge is 0.163 e. The van der Waals surface area contributed by atoms with Crippen LogP contribution in [0.15, 0.2) is 18.2 Å². The maximum absolute atomic E-state index is 12.5. The molecule has 0 heterocycles. The van der Waals surface area contributed by atoms with Crippen LogP contribution in [0.2, 0.25) is 0 Å². The van der Waals surface area contributed by atoms with Crippen molar-refractivity contribution < 1.29 is 15.0 Å². The predicted molar refractivity (Wildman–Crippen MR) is 79.4 cm³/mol. The van der Waals surface area contributed by atoms with Gasteiger partial charge in [0.15, 0.2) is 5.78 Å². The molecule has 1 aromatic carbocycles. The number of carbonyl (C=O) groups excluding carboxylic acids is 1. The fraction of sp³-hybridized carbons (Fsp3) is 0.611. The van der Waals surface area contributed by atoms with Crippen LogP contribution in [0.4, 0.5) is 0 Å². The first-order chi connectivity index (χ1) is 10.0. The highest BCUT2D eigenvalue weighted by Gasteiger charge is 2.55. The average Bonchev–Trinajstić information content (AvgIpc) is 2.76. The van der Waals surface area contributed by atoms with Gasteiger partial charge in [0.1, 0.15) is 5.75 Å². The van der Waals surface area contributed by atoms with Crippen molar-refractivity contribution in [2.75, 3.05) is 0 Å². The summed E-state index contributed by atoms with van der Waals surface area (Å²) in [7, 11) is 0. The molecule has 0 amide bonds. The summed E-state index contributed by atoms with van der Waals surface area (Å²) in [5, 5.41) is 20.0. The lowest BCUT2D eigenvalue weighted by Crippen LogP contribution is -2.44. The standard InChI is InChI=1S/C18H22O3/c1-18-7-6-12-11-3-2-10(19)8-14(11)16(20)9-13(12)15(18)4-5-17(18)21/h2-3,8,12-13,15,17,19,21H,4-7,9H2,1H3/t12-,13+,15+,17+,18-/m1/s1. The van der Waals surface area contributed by atoms with Gasteiger partial charge in [0.2, 0.25) is 0 Å². The molecular formula is C18H22O3. The van der Waals surface area contributed by atoms with Crippen molar-refractivity contribution in [1.82, 2.24) is 0 Å². The van der Waals surface area contributed by atoms with Crippen LogP contribution >= 0.6 is 0 Å². The number of aliphatic hydroxyl groups excluding tert-OH is 1. The number of fused-ring (bicyclic) bond motifs is 5. The van der Waals surface area contributed by atoms with Crippen molar-refractivity contribution in [2.24, 2.45) is 17.3 Å². The van der Waals surface area contributed by atoms with Gasteiger partial charge >= 0.3 is 0 Å². The number of hydrogen-bond acceptors (Lipinski definition) is 3. The van der Waals surface area contributed by atoms with E-state index in [0.29, 0.717) is 24.2 Å². The zero-order valence-electron chi connectivity index (χ0n) is 12.4. The van der Waals surface area contributed by atoms with Gasteiger partial charge in [-0.3, -0.25) is 4.79 Å².